The zero-order valence-electron chi connectivity index (χ0n) is 19.2. The number of hydrogen-bond donors (Lipinski definition) is 3. The standard InChI is InChI=1S/C27H25N3O4S/c1-2-3-15-33-22-9-6-8-19(16-22)25(31)30-27(35)29-21-13-11-20(12-14-21)28-26(32)24-17-18-7-4-5-10-23(18)34-24/h4-14,16-17H,2-3,15H2,1H3,(H,28,32)(H2,29,30,31,35). The molecule has 0 atom stereocenters. The van der Waals surface area contributed by atoms with Crippen molar-refractivity contribution in [2.45, 2.75) is 19.8 Å². The van der Waals surface area contributed by atoms with Gasteiger partial charge >= 0.3 is 0 Å². The summed E-state index contributed by atoms with van der Waals surface area (Å²) in [6.07, 6.45) is 1.99. The molecule has 0 saturated heterocycles. The Morgan fingerprint density at radius 1 is 0.886 bits per heavy atom. The van der Waals surface area contributed by atoms with Crippen molar-refractivity contribution < 1.29 is 18.7 Å². The number of thiocarbonyl (C=S) groups is 1. The quantitative estimate of drug-likeness (QED) is 0.209. The second-order valence-electron chi connectivity index (χ2n) is 7.82. The number of furan rings is 1. The van der Waals surface area contributed by atoms with E-state index in [4.69, 9.17) is 21.4 Å². The number of para-hydroxylation sites is 1. The van der Waals surface area contributed by atoms with Crippen LogP contribution in [0.4, 0.5) is 11.4 Å². The molecular weight excluding hydrogens is 462 g/mol. The van der Waals surface area contributed by atoms with Gasteiger partial charge in [-0.25, -0.2) is 0 Å². The van der Waals surface area contributed by atoms with Crippen LogP contribution in [0.15, 0.2) is 83.3 Å². The molecule has 4 rings (SSSR count). The number of hydrogen-bond acceptors (Lipinski definition) is 5. The molecule has 1 aromatic heterocycles. The average Bonchev–Trinajstić information content (AvgIpc) is 3.30. The third-order valence-electron chi connectivity index (χ3n) is 5.14. The molecule has 0 aliphatic heterocycles. The number of fused-ring (bicyclic) bond motifs is 1. The fourth-order valence-corrected chi connectivity index (χ4v) is 3.53. The molecule has 0 bridgehead atoms. The van der Waals surface area contributed by atoms with E-state index in [0.29, 0.717) is 34.9 Å². The Labute approximate surface area is 208 Å². The van der Waals surface area contributed by atoms with Crippen molar-refractivity contribution >= 4 is 51.5 Å². The molecule has 0 aliphatic carbocycles. The number of ether oxygens (including phenoxy) is 1. The summed E-state index contributed by atoms with van der Waals surface area (Å²) in [6, 6.07) is 23.1. The summed E-state index contributed by atoms with van der Waals surface area (Å²) in [7, 11) is 0. The van der Waals surface area contributed by atoms with Gasteiger partial charge in [-0.05, 0) is 73.2 Å². The van der Waals surface area contributed by atoms with Crippen LogP contribution in [0, 0.1) is 0 Å². The molecule has 0 unspecified atom stereocenters. The van der Waals surface area contributed by atoms with Crippen LogP contribution in [0.5, 0.6) is 5.75 Å². The lowest BCUT2D eigenvalue weighted by Crippen LogP contribution is -2.34. The predicted octanol–water partition coefficient (Wildman–Crippen LogP) is 5.99. The summed E-state index contributed by atoms with van der Waals surface area (Å²) < 4.78 is 11.2. The average molecular weight is 488 g/mol. The Bertz CT molecular complexity index is 1320. The van der Waals surface area contributed by atoms with Crippen molar-refractivity contribution in [1.82, 2.24) is 5.32 Å². The Hall–Kier alpha value is -4.17. The van der Waals surface area contributed by atoms with Crippen LogP contribution in [-0.2, 0) is 0 Å². The largest absolute Gasteiger partial charge is 0.494 e. The van der Waals surface area contributed by atoms with Gasteiger partial charge in [0, 0.05) is 22.3 Å². The summed E-state index contributed by atoms with van der Waals surface area (Å²) in [5.41, 5.74) is 2.36. The van der Waals surface area contributed by atoms with E-state index in [1.807, 2.05) is 30.3 Å². The molecule has 0 saturated carbocycles. The minimum absolute atomic E-state index is 0.159. The number of unbranched alkanes of at least 4 members (excludes halogenated alkanes) is 1. The minimum atomic E-state index is -0.342. The first-order valence-corrected chi connectivity index (χ1v) is 11.7. The van der Waals surface area contributed by atoms with E-state index in [-0.39, 0.29) is 22.7 Å². The lowest BCUT2D eigenvalue weighted by Gasteiger charge is -2.11. The first kappa shape index (κ1) is 24.0. The van der Waals surface area contributed by atoms with E-state index in [1.54, 1.807) is 48.5 Å². The molecule has 1 heterocycles. The van der Waals surface area contributed by atoms with Crippen molar-refractivity contribution in [3.63, 3.8) is 0 Å². The molecule has 178 valence electrons. The van der Waals surface area contributed by atoms with E-state index in [1.165, 1.54) is 0 Å². The molecule has 4 aromatic rings. The Morgan fingerprint density at radius 3 is 2.37 bits per heavy atom. The highest BCUT2D eigenvalue weighted by Crippen LogP contribution is 2.21. The maximum absolute atomic E-state index is 12.6. The van der Waals surface area contributed by atoms with Gasteiger partial charge in [-0.2, -0.15) is 0 Å². The minimum Gasteiger partial charge on any atom is -0.494 e. The Balaban J connectivity index is 1.30. The molecule has 35 heavy (non-hydrogen) atoms. The van der Waals surface area contributed by atoms with Gasteiger partial charge in [0.05, 0.1) is 6.61 Å². The number of carbonyl (C=O) groups excluding carboxylic acids is 2. The molecule has 8 heteroatoms. The highest BCUT2D eigenvalue weighted by molar-refractivity contribution is 7.80. The number of nitrogens with one attached hydrogen (secondary N) is 3. The van der Waals surface area contributed by atoms with Gasteiger partial charge in [-0.15, -0.1) is 0 Å². The fraction of sp³-hybridized carbons (Fsp3) is 0.148. The van der Waals surface area contributed by atoms with Crippen LogP contribution in [-0.4, -0.2) is 23.5 Å². The van der Waals surface area contributed by atoms with Crippen molar-refractivity contribution in [3.05, 3.63) is 90.2 Å². The number of anilines is 2. The summed E-state index contributed by atoms with van der Waals surface area (Å²) in [5.74, 6) is 0.200. The lowest BCUT2D eigenvalue weighted by molar-refractivity contribution is 0.0974. The summed E-state index contributed by atoms with van der Waals surface area (Å²) in [6.45, 7) is 2.70. The zero-order valence-corrected chi connectivity index (χ0v) is 20.0. The normalized spacial score (nSPS) is 10.5. The summed E-state index contributed by atoms with van der Waals surface area (Å²) in [4.78, 5) is 25.1. The number of amides is 2. The van der Waals surface area contributed by atoms with Crippen molar-refractivity contribution in [2.75, 3.05) is 17.2 Å². The summed E-state index contributed by atoms with van der Waals surface area (Å²) >= 11 is 5.27. The first-order valence-electron chi connectivity index (χ1n) is 11.3. The zero-order chi connectivity index (χ0) is 24.6. The van der Waals surface area contributed by atoms with Crippen molar-refractivity contribution in [3.8, 4) is 5.75 Å². The van der Waals surface area contributed by atoms with Crippen molar-refractivity contribution in [2.24, 2.45) is 0 Å². The molecule has 3 N–H and O–H groups in total. The molecule has 7 nitrogen and oxygen atoms in total. The van der Waals surface area contributed by atoms with E-state index in [9.17, 15) is 9.59 Å². The summed E-state index contributed by atoms with van der Waals surface area (Å²) in [5, 5.41) is 9.45. The predicted molar refractivity (Wildman–Crippen MR) is 141 cm³/mol. The van der Waals surface area contributed by atoms with Gasteiger partial charge in [-0.1, -0.05) is 37.6 Å². The van der Waals surface area contributed by atoms with E-state index < -0.39 is 0 Å². The molecular formula is C27H25N3O4S. The van der Waals surface area contributed by atoms with E-state index in [2.05, 4.69) is 22.9 Å². The van der Waals surface area contributed by atoms with Gasteiger partial charge < -0.3 is 19.8 Å². The smallest absolute Gasteiger partial charge is 0.291 e. The Kier molecular flexibility index (Phi) is 7.74. The van der Waals surface area contributed by atoms with Gasteiger partial charge in [0.15, 0.2) is 10.9 Å². The maximum atomic E-state index is 12.6. The SMILES string of the molecule is CCCCOc1cccc(C(=O)NC(=S)Nc2ccc(NC(=O)c3cc4ccccc4o3)cc2)c1. The third-order valence-corrected chi connectivity index (χ3v) is 5.34. The molecule has 2 amide bonds. The molecule has 0 aliphatic rings. The molecule has 0 radical (unpaired) electrons. The van der Waals surface area contributed by atoms with Crippen LogP contribution in [0.25, 0.3) is 11.0 Å². The van der Waals surface area contributed by atoms with Crippen LogP contribution in [0.2, 0.25) is 0 Å². The van der Waals surface area contributed by atoms with Crippen LogP contribution < -0.4 is 20.7 Å². The maximum Gasteiger partial charge on any atom is 0.291 e. The highest BCUT2D eigenvalue weighted by atomic mass is 32.1. The van der Waals surface area contributed by atoms with Gasteiger partial charge in [0.1, 0.15) is 11.3 Å². The number of benzene rings is 3. The third kappa shape index (κ3) is 6.45. The highest BCUT2D eigenvalue weighted by Gasteiger charge is 2.13. The van der Waals surface area contributed by atoms with Crippen LogP contribution >= 0.6 is 12.2 Å². The van der Waals surface area contributed by atoms with Crippen molar-refractivity contribution in [1.29, 1.82) is 0 Å². The van der Waals surface area contributed by atoms with Crippen LogP contribution in [0.1, 0.15) is 40.7 Å². The van der Waals surface area contributed by atoms with Gasteiger partial charge in [0.2, 0.25) is 0 Å². The van der Waals surface area contributed by atoms with Crippen LogP contribution in [0.3, 0.4) is 0 Å². The van der Waals surface area contributed by atoms with Gasteiger partial charge in [-0.3, -0.25) is 14.9 Å². The topological polar surface area (TPSA) is 92.6 Å². The van der Waals surface area contributed by atoms with Gasteiger partial charge in [0.25, 0.3) is 11.8 Å². The van der Waals surface area contributed by atoms with E-state index in [0.717, 1.165) is 18.2 Å². The second-order valence-corrected chi connectivity index (χ2v) is 8.23. The van der Waals surface area contributed by atoms with E-state index >= 15 is 0 Å². The lowest BCUT2D eigenvalue weighted by atomic mass is 10.2. The molecule has 0 fully saturated rings. The fourth-order valence-electron chi connectivity index (χ4n) is 3.32. The molecule has 0 spiro atoms. The first-order chi connectivity index (χ1) is 17.0. The number of carbonyl (C=O) groups is 2. The molecule has 3 aromatic carbocycles. The monoisotopic (exact) mass is 487 g/mol. The second kappa shape index (κ2) is 11.3. The Morgan fingerprint density at radius 2 is 1.63 bits per heavy atom. The number of rotatable bonds is 8.